The van der Waals surface area contributed by atoms with Gasteiger partial charge >= 0.3 is 5.97 Å². The first-order chi connectivity index (χ1) is 32.4. The minimum absolute atomic E-state index is 0.00575. The molecular weight excluding hydrogens is 849 g/mol. The van der Waals surface area contributed by atoms with E-state index in [2.05, 4.69) is 12.2 Å². The molecule has 7 N–H and O–H groups in total. The van der Waals surface area contributed by atoms with Gasteiger partial charge in [0.2, 0.25) is 0 Å². The number of phenolic OH excluding ortho intramolecular Hbond substituents is 2. The maximum atomic E-state index is 14.8. The predicted molar refractivity (Wildman–Crippen MR) is 253 cm³/mol. The van der Waals surface area contributed by atoms with Crippen LogP contribution in [-0.2, 0) is 48.2 Å². The number of benzene rings is 2. The van der Waals surface area contributed by atoms with Crippen LogP contribution in [0.1, 0.15) is 139 Å². The van der Waals surface area contributed by atoms with Crippen LogP contribution >= 0.6 is 0 Å². The van der Waals surface area contributed by atoms with Gasteiger partial charge in [-0.3, -0.25) is 4.79 Å². The second kappa shape index (κ2) is 16.7. The number of allylic oxidation sites excluding steroid dienone is 1. The summed E-state index contributed by atoms with van der Waals surface area (Å²) >= 11 is 0. The standard InChI is InChI=1S/C54H60N4O9/c1-4-32(27-7-5-6-8-27)53(64)66-43-22-39-48(63)46-42(62)21-31(24-59)65-50(46)47-44-37-17-18-56-51(55)45(37)35(14-11-28-10-12-30(61)20-38(28)40(44)25-60)34-16-15-33-29(19-41(34)54(43,3)67-49(39)47)23-57-52-36(33)13-9-26(2)58-52/h4,10,12,17-18,20-21,23,26-27,34-35,40-41,43-44,59-61,63H,5-9,11,13-16,19,22,24-25H2,1-3H3,(H2,55,56)(H,57,58)/b32-4-/t26-,34+,35+,40+,41+,43-,44+,54+/m1/s1. The number of esters is 1. The number of phenols is 2. The molecule has 0 amide bonds. The molecule has 6 aliphatic rings. The minimum atomic E-state index is -1.28. The first-order valence-electron chi connectivity index (χ1n) is 24.4. The normalized spacial score (nSPS) is 27.7. The Morgan fingerprint density at radius 1 is 0.955 bits per heavy atom. The fourth-order valence-electron chi connectivity index (χ4n) is 13.6. The van der Waals surface area contributed by atoms with Crippen molar-refractivity contribution in [1.82, 2.24) is 9.97 Å². The number of carbonyl (C=O) groups is 1. The number of pyridine rings is 2. The molecule has 0 spiro atoms. The number of nitrogens with one attached hydrogen (secondary N) is 1. The summed E-state index contributed by atoms with van der Waals surface area (Å²) in [5, 5.41) is 49.6. The Kier molecular flexibility index (Phi) is 10.9. The molecular formula is C54H60N4O9. The van der Waals surface area contributed by atoms with Crippen LogP contribution in [0.3, 0.4) is 0 Å². The van der Waals surface area contributed by atoms with E-state index >= 15 is 0 Å². The zero-order chi connectivity index (χ0) is 46.5. The van der Waals surface area contributed by atoms with Gasteiger partial charge in [-0.05, 0) is 148 Å². The number of anilines is 2. The maximum absolute atomic E-state index is 14.8. The molecule has 0 radical (unpaired) electrons. The van der Waals surface area contributed by atoms with E-state index in [0.717, 1.165) is 79.4 Å². The van der Waals surface area contributed by atoms with Crippen LogP contribution in [0, 0.1) is 17.8 Å². The summed E-state index contributed by atoms with van der Waals surface area (Å²) in [6, 6.07) is 8.71. The molecule has 3 aliphatic heterocycles. The first-order valence-corrected chi connectivity index (χ1v) is 24.4. The molecule has 3 aromatic heterocycles. The molecule has 13 heteroatoms. The predicted octanol–water partition coefficient (Wildman–Crippen LogP) is 7.93. The van der Waals surface area contributed by atoms with Gasteiger partial charge < -0.3 is 45.4 Å². The largest absolute Gasteiger partial charge is 0.508 e. The number of fused-ring (bicyclic) bond motifs is 11. The zero-order valence-electron chi connectivity index (χ0n) is 38.4. The highest BCUT2D eigenvalue weighted by Crippen LogP contribution is 2.60. The van der Waals surface area contributed by atoms with Crippen molar-refractivity contribution >= 4 is 28.6 Å². The highest BCUT2D eigenvalue weighted by atomic mass is 16.6. The Labute approximate surface area is 389 Å². The van der Waals surface area contributed by atoms with Crippen LogP contribution in [0.2, 0.25) is 0 Å². The molecule has 350 valence electrons. The van der Waals surface area contributed by atoms with E-state index in [4.69, 9.17) is 29.6 Å². The summed E-state index contributed by atoms with van der Waals surface area (Å²) in [5.41, 5.74) is 13.5. The number of hydrogen-bond donors (Lipinski definition) is 6. The molecule has 0 unspecified atom stereocenters. The lowest BCUT2D eigenvalue weighted by Crippen LogP contribution is -2.59. The second-order valence-electron chi connectivity index (χ2n) is 20.3. The number of hydrogen-bond acceptors (Lipinski definition) is 13. The van der Waals surface area contributed by atoms with Crippen LogP contribution in [0.25, 0.3) is 11.0 Å². The lowest BCUT2D eigenvalue weighted by atomic mass is 9.62. The average molecular weight is 909 g/mol. The van der Waals surface area contributed by atoms with Gasteiger partial charge in [0, 0.05) is 70.9 Å². The third-order valence-corrected chi connectivity index (χ3v) is 16.8. The van der Waals surface area contributed by atoms with Gasteiger partial charge in [0.1, 0.15) is 63.9 Å². The van der Waals surface area contributed by atoms with Crippen molar-refractivity contribution in [1.29, 1.82) is 0 Å². The Hall–Kier alpha value is -5.92. The van der Waals surface area contributed by atoms with E-state index in [1.807, 2.05) is 38.3 Å². The van der Waals surface area contributed by atoms with Crippen LogP contribution in [0.5, 0.6) is 17.2 Å². The summed E-state index contributed by atoms with van der Waals surface area (Å²) in [6.07, 6.45) is 13.6. The third-order valence-electron chi connectivity index (χ3n) is 16.8. The number of nitrogens with zero attached hydrogens (tertiary/aromatic N) is 2. The van der Waals surface area contributed by atoms with Crippen LogP contribution in [0.4, 0.5) is 11.6 Å². The Bertz CT molecular complexity index is 2920. The summed E-state index contributed by atoms with van der Waals surface area (Å²) in [6.45, 7) is 5.12. The number of ether oxygens (including phenoxy) is 2. The minimum Gasteiger partial charge on any atom is -0.508 e. The lowest BCUT2D eigenvalue weighted by molar-refractivity contribution is -0.169. The van der Waals surface area contributed by atoms with Crippen LogP contribution in [0.15, 0.2) is 63.6 Å². The number of aliphatic hydroxyl groups is 2. The quantitative estimate of drug-likeness (QED) is 0.0732. The van der Waals surface area contributed by atoms with Crippen LogP contribution in [-0.4, -0.2) is 60.7 Å². The summed E-state index contributed by atoms with van der Waals surface area (Å²) < 4.78 is 21.2. The molecule has 1 fully saturated rings. The number of aryl methyl sites for hydroxylation is 1. The smallest absolute Gasteiger partial charge is 0.334 e. The molecule has 5 aromatic rings. The van der Waals surface area contributed by atoms with E-state index < -0.39 is 48.2 Å². The lowest BCUT2D eigenvalue weighted by Gasteiger charge is -2.51. The van der Waals surface area contributed by atoms with Gasteiger partial charge in [0.15, 0.2) is 5.43 Å². The number of carbonyl (C=O) groups excluding carboxylic acids is 1. The third kappa shape index (κ3) is 6.92. The van der Waals surface area contributed by atoms with Crippen molar-refractivity contribution in [2.75, 3.05) is 17.7 Å². The van der Waals surface area contributed by atoms with Crippen molar-refractivity contribution < 1.29 is 39.1 Å². The van der Waals surface area contributed by atoms with E-state index in [1.54, 1.807) is 18.3 Å². The summed E-state index contributed by atoms with van der Waals surface area (Å²) in [4.78, 5) is 39.0. The fourth-order valence-corrected chi connectivity index (χ4v) is 13.6. The topological polar surface area (TPSA) is 210 Å². The average Bonchev–Trinajstić information content (AvgIpc) is 3.78. The van der Waals surface area contributed by atoms with Crippen molar-refractivity contribution in [3.8, 4) is 17.2 Å². The number of nitrogens with two attached hydrogens (primary N) is 1. The van der Waals surface area contributed by atoms with E-state index in [0.29, 0.717) is 47.8 Å². The highest BCUT2D eigenvalue weighted by Gasteiger charge is 2.57. The van der Waals surface area contributed by atoms with Gasteiger partial charge in [-0.2, -0.15) is 0 Å². The molecule has 4 bridgehead atoms. The molecule has 0 saturated heterocycles. The van der Waals surface area contributed by atoms with Crippen molar-refractivity contribution in [2.45, 2.75) is 140 Å². The van der Waals surface area contributed by atoms with Gasteiger partial charge in [-0.1, -0.05) is 25.0 Å². The number of aliphatic hydroxyl groups excluding tert-OH is 2. The summed E-state index contributed by atoms with van der Waals surface area (Å²) in [5.74, 6) is -1.53. The van der Waals surface area contributed by atoms with E-state index in [9.17, 15) is 30.0 Å². The van der Waals surface area contributed by atoms with Gasteiger partial charge in [-0.25, -0.2) is 14.8 Å². The number of nitrogen functional groups attached to an aromatic ring is 1. The van der Waals surface area contributed by atoms with E-state index in [-0.39, 0.29) is 69.6 Å². The molecule has 13 nitrogen and oxygen atoms in total. The van der Waals surface area contributed by atoms with Gasteiger partial charge in [-0.15, -0.1) is 0 Å². The monoisotopic (exact) mass is 908 g/mol. The van der Waals surface area contributed by atoms with Crippen molar-refractivity contribution in [3.05, 3.63) is 120 Å². The Balaban J connectivity index is 1.25. The fraction of sp³-hybridized carbons (Fsp3) is 0.481. The van der Waals surface area contributed by atoms with Crippen molar-refractivity contribution in [3.63, 3.8) is 0 Å². The molecule has 2 aromatic carbocycles. The second-order valence-corrected chi connectivity index (χ2v) is 20.3. The van der Waals surface area contributed by atoms with Gasteiger partial charge in [0.25, 0.3) is 0 Å². The Morgan fingerprint density at radius 3 is 2.54 bits per heavy atom. The van der Waals surface area contributed by atoms with Gasteiger partial charge in [0.05, 0.1) is 6.61 Å². The first kappa shape index (κ1) is 43.6. The summed E-state index contributed by atoms with van der Waals surface area (Å²) in [7, 11) is 0. The number of rotatable bonds is 5. The van der Waals surface area contributed by atoms with Crippen molar-refractivity contribution in [2.24, 2.45) is 17.8 Å². The molecule has 8 atom stereocenters. The highest BCUT2D eigenvalue weighted by molar-refractivity contribution is 5.92. The number of aromatic nitrogens is 2. The zero-order valence-corrected chi connectivity index (χ0v) is 38.4. The maximum Gasteiger partial charge on any atom is 0.334 e. The Morgan fingerprint density at radius 2 is 1.76 bits per heavy atom. The molecule has 6 heterocycles. The molecule has 1 saturated carbocycles. The molecule has 3 aliphatic carbocycles. The molecule has 11 rings (SSSR count). The van der Waals surface area contributed by atoms with Crippen LogP contribution < -0.4 is 21.2 Å². The number of aromatic hydroxyl groups is 2. The van der Waals surface area contributed by atoms with E-state index in [1.165, 1.54) is 17.2 Å². The SMILES string of the molecule is C/C=C(\C(=O)O[C@@H]1Cc2c3c(c4oc(CO)cc(=O)c4c2O)[C@H]2c4ccnc(N)c4[C@@H](CCc4ccc(O)cc4[C@@H]2CO)[C@@H]2CCc4c(cnc5c4CC[C@@H](C)N5)C[C@@H]2[C@]1(C)O3)C1CCCC1. The molecule has 67 heavy (non-hydrogen) atoms.